The molecule has 0 aromatic carbocycles. The summed E-state index contributed by atoms with van der Waals surface area (Å²) in [5.41, 5.74) is 1.85. The minimum Gasteiger partial charge on any atom is -0.480 e. The van der Waals surface area contributed by atoms with E-state index in [-0.39, 0.29) is 0 Å². The van der Waals surface area contributed by atoms with E-state index in [4.69, 9.17) is 5.11 Å². The molecule has 0 aliphatic heterocycles. The average molecular weight is 276 g/mol. The summed E-state index contributed by atoms with van der Waals surface area (Å²) >= 11 is 3.42. The Balaban J connectivity index is 2.69. The van der Waals surface area contributed by atoms with Gasteiger partial charge in [0, 0.05) is 13.6 Å². The number of aromatic nitrogens is 2. The molecule has 1 aromatic heterocycles. The molecule has 84 valence electrons. The van der Waals surface area contributed by atoms with Crippen molar-refractivity contribution in [3.05, 3.63) is 15.9 Å². The first-order chi connectivity index (χ1) is 6.93. The van der Waals surface area contributed by atoms with Gasteiger partial charge >= 0.3 is 5.97 Å². The highest BCUT2D eigenvalue weighted by Crippen LogP contribution is 2.19. The third-order valence-corrected chi connectivity index (χ3v) is 3.24. The molecule has 2 N–H and O–H groups in total. The van der Waals surface area contributed by atoms with Crippen LogP contribution in [0.2, 0.25) is 0 Å². The normalized spacial score (nSPS) is 12.8. The first kappa shape index (κ1) is 12.2. The zero-order valence-corrected chi connectivity index (χ0v) is 10.5. The second-order valence-electron chi connectivity index (χ2n) is 3.41. The molecule has 5 nitrogen and oxygen atoms in total. The van der Waals surface area contributed by atoms with Gasteiger partial charge in [-0.05, 0) is 29.8 Å². The van der Waals surface area contributed by atoms with E-state index in [9.17, 15) is 4.79 Å². The lowest BCUT2D eigenvalue weighted by Crippen LogP contribution is -2.33. The lowest BCUT2D eigenvalue weighted by Gasteiger charge is -2.09. The molecule has 1 heterocycles. The van der Waals surface area contributed by atoms with E-state index in [2.05, 4.69) is 26.3 Å². The summed E-state index contributed by atoms with van der Waals surface area (Å²) in [7, 11) is 1.83. The molecule has 0 fully saturated rings. The number of carboxylic acids is 1. The maximum Gasteiger partial charge on any atom is 0.320 e. The van der Waals surface area contributed by atoms with Crippen molar-refractivity contribution in [2.75, 3.05) is 0 Å². The molecule has 0 saturated heterocycles. The molecule has 15 heavy (non-hydrogen) atoms. The molecule has 1 aromatic rings. The molecule has 1 atom stereocenters. The fraction of sp³-hybridized carbons (Fsp3) is 0.556. The van der Waals surface area contributed by atoms with Gasteiger partial charge in [0.05, 0.1) is 15.9 Å². The molecule has 0 amide bonds. The topological polar surface area (TPSA) is 67.2 Å². The fourth-order valence-electron chi connectivity index (χ4n) is 1.21. The number of hydrogen-bond donors (Lipinski definition) is 2. The number of nitrogens with zero attached hydrogens (tertiary/aromatic N) is 2. The Labute approximate surface area is 96.6 Å². The molecule has 0 aliphatic carbocycles. The summed E-state index contributed by atoms with van der Waals surface area (Å²) < 4.78 is 2.66. The Bertz CT molecular complexity index is 376. The molecule has 0 aliphatic rings. The van der Waals surface area contributed by atoms with E-state index in [1.165, 1.54) is 0 Å². The number of aliphatic carboxylic acids is 1. The molecule has 0 unspecified atom stereocenters. The van der Waals surface area contributed by atoms with Crippen LogP contribution in [0.3, 0.4) is 0 Å². The van der Waals surface area contributed by atoms with Crippen molar-refractivity contribution in [3.63, 3.8) is 0 Å². The molecule has 0 radical (unpaired) electrons. The SMILES string of the molecule is Cc1nn(C)c(CN[C@@H](C)C(=O)O)c1Br. The Morgan fingerprint density at radius 3 is 2.73 bits per heavy atom. The van der Waals surface area contributed by atoms with E-state index >= 15 is 0 Å². The van der Waals surface area contributed by atoms with E-state index in [1.807, 2.05) is 14.0 Å². The Hall–Kier alpha value is -0.880. The number of carboxylic acid groups (broad SMARTS) is 1. The van der Waals surface area contributed by atoms with E-state index in [1.54, 1.807) is 11.6 Å². The van der Waals surface area contributed by atoms with Gasteiger partial charge in [-0.15, -0.1) is 0 Å². The van der Waals surface area contributed by atoms with Crippen LogP contribution < -0.4 is 5.32 Å². The second kappa shape index (κ2) is 4.76. The fourth-order valence-corrected chi connectivity index (χ4v) is 1.69. The summed E-state index contributed by atoms with van der Waals surface area (Å²) in [5, 5.41) is 15.8. The number of aryl methyl sites for hydroxylation is 2. The number of rotatable bonds is 4. The van der Waals surface area contributed by atoms with Crippen LogP contribution in [0.25, 0.3) is 0 Å². The van der Waals surface area contributed by atoms with Crippen LogP contribution in [0.15, 0.2) is 4.47 Å². The summed E-state index contributed by atoms with van der Waals surface area (Å²) in [5.74, 6) is -0.856. The Morgan fingerprint density at radius 1 is 1.73 bits per heavy atom. The van der Waals surface area contributed by atoms with Crippen LogP contribution in [0.4, 0.5) is 0 Å². The number of halogens is 1. The predicted molar refractivity (Wildman–Crippen MR) is 59.6 cm³/mol. The molecule has 6 heteroatoms. The van der Waals surface area contributed by atoms with Crippen LogP contribution in [-0.4, -0.2) is 26.9 Å². The highest BCUT2D eigenvalue weighted by molar-refractivity contribution is 9.10. The van der Waals surface area contributed by atoms with Gasteiger partial charge in [-0.3, -0.25) is 14.8 Å². The highest BCUT2D eigenvalue weighted by Gasteiger charge is 2.14. The van der Waals surface area contributed by atoms with Gasteiger partial charge in [-0.2, -0.15) is 5.10 Å². The third-order valence-electron chi connectivity index (χ3n) is 2.21. The van der Waals surface area contributed by atoms with Crippen molar-refractivity contribution in [2.45, 2.75) is 26.4 Å². The average Bonchev–Trinajstić information content (AvgIpc) is 2.38. The van der Waals surface area contributed by atoms with Crippen LogP contribution >= 0.6 is 15.9 Å². The van der Waals surface area contributed by atoms with Crippen molar-refractivity contribution < 1.29 is 9.90 Å². The van der Waals surface area contributed by atoms with E-state index in [0.29, 0.717) is 6.54 Å². The predicted octanol–water partition coefficient (Wildman–Crippen LogP) is 1.05. The third kappa shape index (κ3) is 2.79. The highest BCUT2D eigenvalue weighted by atomic mass is 79.9. The number of carbonyl (C=O) groups is 1. The molecule has 0 spiro atoms. The molecule has 0 bridgehead atoms. The minimum atomic E-state index is -0.856. The first-order valence-electron chi connectivity index (χ1n) is 4.57. The Kier molecular flexibility index (Phi) is 3.87. The molecule has 0 saturated carbocycles. The quantitative estimate of drug-likeness (QED) is 0.862. The van der Waals surface area contributed by atoms with Gasteiger partial charge in [0.15, 0.2) is 0 Å². The zero-order valence-electron chi connectivity index (χ0n) is 8.91. The minimum absolute atomic E-state index is 0.478. The monoisotopic (exact) mass is 275 g/mol. The van der Waals surface area contributed by atoms with Gasteiger partial charge in [0.2, 0.25) is 0 Å². The van der Waals surface area contributed by atoms with E-state index < -0.39 is 12.0 Å². The molecular weight excluding hydrogens is 262 g/mol. The summed E-state index contributed by atoms with van der Waals surface area (Å²) in [6.07, 6.45) is 0. The maximum atomic E-state index is 10.6. The first-order valence-corrected chi connectivity index (χ1v) is 5.37. The van der Waals surface area contributed by atoms with Gasteiger partial charge in [-0.1, -0.05) is 0 Å². The van der Waals surface area contributed by atoms with Crippen molar-refractivity contribution in [1.82, 2.24) is 15.1 Å². The number of nitrogens with one attached hydrogen (secondary N) is 1. The largest absolute Gasteiger partial charge is 0.480 e. The van der Waals surface area contributed by atoms with Crippen molar-refractivity contribution >= 4 is 21.9 Å². The standard InChI is InChI=1S/C9H14BrN3O2/c1-5-8(10)7(13(3)12-5)4-11-6(2)9(14)15/h6,11H,4H2,1-3H3,(H,14,15)/t6-/m0/s1. The van der Waals surface area contributed by atoms with Crippen LogP contribution in [0.1, 0.15) is 18.3 Å². The molecular formula is C9H14BrN3O2. The van der Waals surface area contributed by atoms with Gasteiger partial charge < -0.3 is 5.11 Å². The lowest BCUT2D eigenvalue weighted by atomic mass is 10.3. The van der Waals surface area contributed by atoms with Gasteiger partial charge in [-0.25, -0.2) is 0 Å². The Morgan fingerprint density at radius 2 is 2.33 bits per heavy atom. The van der Waals surface area contributed by atoms with Gasteiger partial charge in [0.25, 0.3) is 0 Å². The van der Waals surface area contributed by atoms with Crippen molar-refractivity contribution in [2.24, 2.45) is 7.05 Å². The van der Waals surface area contributed by atoms with Crippen LogP contribution in [0.5, 0.6) is 0 Å². The second-order valence-corrected chi connectivity index (χ2v) is 4.20. The van der Waals surface area contributed by atoms with Crippen molar-refractivity contribution in [1.29, 1.82) is 0 Å². The van der Waals surface area contributed by atoms with Gasteiger partial charge in [0.1, 0.15) is 6.04 Å². The van der Waals surface area contributed by atoms with Crippen LogP contribution in [0, 0.1) is 6.92 Å². The van der Waals surface area contributed by atoms with Crippen LogP contribution in [-0.2, 0) is 18.4 Å². The van der Waals surface area contributed by atoms with E-state index in [0.717, 1.165) is 15.9 Å². The smallest absolute Gasteiger partial charge is 0.320 e. The zero-order chi connectivity index (χ0) is 11.6. The summed E-state index contributed by atoms with van der Waals surface area (Å²) in [6.45, 7) is 3.99. The van der Waals surface area contributed by atoms with Crippen molar-refractivity contribution in [3.8, 4) is 0 Å². The lowest BCUT2D eigenvalue weighted by molar-refractivity contribution is -0.139. The number of hydrogen-bond acceptors (Lipinski definition) is 3. The molecule has 1 rings (SSSR count). The summed E-state index contributed by atoms with van der Waals surface area (Å²) in [6, 6.07) is -0.563. The maximum absolute atomic E-state index is 10.6. The summed E-state index contributed by atoms with van der Waals surface area (Å²) in [4.78, 5) is 10.6.